The summed E-state index contributed by atoms with van der Waals surface area (Å²) >= 11 is 0. The number of likely N-dealkylation sites (tertiary alicyclic amines) is 1. The Hall–Kier alpha value is -1.78. The van der Waals surface area contributed by atoms with Crippen LogP contribution < -0.4 is 10.5 Å². The third kappa shape index (κ3) is 7.22. The molecule has 0 spiro atoms. The normalized spacial score (nSPS) is 25.3. The maximum Gasteiger partial charge on any atom is 0.275 e. The Kier molecular flexibility index (Phi) is 7.91. The van der Waals surface area contributed by atoms with E-state index in [4.69, 9.17) is 23.4 Å². The molecule has 2 rings (SSSR count). The Balaban J connectivity index is 0.000000597. The fourth-order valence-electron chi connectivity index (χ4n) is 3.47. The molecule has 1 saturated heterocycles. The number of benzene rings is 1. The standard InChI is InChI=1S/C16H23FN2O2.FHO3S/c1-19(8-7-17)11-13(10-15(19)16(18)20)9-12-3-5-14(21-2)6-4-12;1-5(2,3)4/h3-6,13,15H,7-11H2,1-2H3,(H-,18,20);(H,2,3,4)/t13-,15-,19?;/m0./s1. The molecule has 148 valence electrons. The molecule has 0 bridgehead atoms. The number of hydrogen-bond donors (Lipinski definition) is 1. The van der Waals surface area contributed by atoms with E-state index >= 15 is 0 Å². The number of nitrogens with two attached hydrogens (primary N) is 1. The highest BCUT2D eigenvalue weighted by molar-refractivity contribution is 7.80. The van der Waals surface area contributed by atoms with E-state index in [9.17, 15) is 13.1 Å². The van der Waals surface area contributed by atoms with Crippen LogP contribution in [-0.2, 0) is 21.7 Å². The number of ether oxygens (including phenoxy) is 1. The van der Waals surface area contributed by atoms with E-state index in [1.54, 1.807) is 7.11 Å². The Labute approximate surface area is 152 Å². The number of likely N-dealkylation sites (N-methyl/N-ethyl adjacent to an activating group) is 1. The molecule has 1 unspecified atom stereocenters. The summed E-state index contributed by atoms with van der Waals surface area (Å²) in [5.74, 6) is 0.869. The lowest BCUT2D eigenvalue weighted by molar-refractivity contribution is -0.913. The first-order valence-electron chi connectivity index (χ1n) is 7.96. The number of halogens is 2. The number of carbonyl (C=O) groups excluding carboxylic acids is 1. The lowest BCUT2D eigenvalue weighted by atomic mass is 9.96. The Bertz CT molecular complexity index is 691. The van der Waals surface area contributed by atoms with Crippen molar-refractivity contribution in [2.75, 3.05) is 33.9 Å². The van der Waals surface area contributed by atoms with Gasteiger partial charge in [-0.3, -0.25) is 4.79 Å². The first kappa shape index (κ1) is 22.3. The van der Waals surface area contributed by atoms with Crippen LogP contribution in [0.4, 0.5) is 8.28 Å². The number of methoxy groups -OCH3 is 1. The minimum Gasteiger partial charge on any atom is -0.722 e. The number of rotatable bonds is 6. The van der Waals surface area contributed by atoms with E-state index in [1.165, 1.54) is 5.56 Å². The molecule has 0 saturated carbocycles. The summed E-state index contributed by atoms with van der Waals surface area (Å²) in [6, 6.07) is 7.67. The number of quaternary nitrogens is 1. The van der Waals surface area contributed by atoms with Crippen molar-refractivity contribution in [3.05, 3.63) is 29.8 Å². The molecule has 26 heavy (non-hydrogen) atoms. The molecule has 0 radical (unpaired) electrons. The Morgan fingerprint density at radius 1 is 1.38 bits per heavy atom. The molecule has 1 aliphatic heterocycles. The number of amides is 1. The highest BCUT2D eigenvalue weighted by Gasteiger charge is 2.46. The fraction of sp³-hybridized carbons (Fsp3) is 0.562. The van der Waals surface area contributed by atoms with Gasteiger partial charge in [0.1, 0.15) is 19.0 Å². The quantitative estimate of drug-likeness (QED) is 0.439. The van der Waals surface area contributed by atoms with Crippen LogP contribution in [0.3, 0.4) is 0 Å². The molecule has 0 aliphatic carbocycles. The van der Waals surface area contributed by atoms with Gasteiger partial charge in [-0.2, -0.15) is 0 Å². The van der Waals surface area contributed by atoms with Crippen LogP contribution in [0.25, 0.3) is 0 Å². The van der Waals surface area contributed by atoms with Gasteiger partial charge in [-0.1, -0.05) is 12.1 Å². The number of carbonyl (C=O) groups is 1. The van der Waals surface area contributed by atoms with Gasteiger partial charge >= 0.3 is 0 Å². The molecule has 1 aliphatic rings. The van der Waals surface area contributed by atoms with Crippen LogP contribution in [0.2, 0.25) is 0 Å². The Morgan fingerprint density at radius 3 is 2.35 bits per heavy atom. The summed E-state index contributed by atoms with van der Waals surface area (Å²) < 4.78 is 53.7. The topological polar surface area (TPSA) is 110 Å². The van der Waals surface area contributed by atoms with Crippen molar-refractivity contribution in [2.45, 2.75) is 18.9 Å². The molecule has 0 aromatic heterocycles. The maximum absolute atomic E-state index is 12.8. The van der Waals surface area contributed by atoms with Gasteiger partial charge in [-0.05, 0) is 24.1 Å². The first-order chi connectivity index (χ1) is 12.0. The third-order valence-corrected chi connectivity index (χ3v) is 4.59. The van der Waals surface area contributed by atoms with Gasteiger partial charge in [0.05, 0.1) is 20.7 Å². The smallest absolute Gasteiger partial charge is 0.275 e. The van der Waals surface area contributed by atoms with Gasteiger partial charge in [0, 0.05) is 12.3 Å². The molecule has 3 atom stereocenters. The Morgan fingerprint density at radius 2 is 1.92 bits per heavy atom. The van der Waals surface area contributed by atoms with E-state index < -0.39 is 17.2 Å². The molecule has 10 heteroatoms. The van der Waals surface area contributed by atoms with Crippen molar-refractivity contribution >= 4 is 16.4 Å². The predicted octanol–water partition coefficient (Wildman–Crippen LogP) is 0.944. The predicted molar refractivity (Wildman–Crippen MR) is 90.5 cm³/mol. The molecule has 7 nitrogen and oxygen atoms in total. The average Bonchev–Trinajstić information content (AvgIpc) is 2.83. The zero-order chi connectivity index (χ0) is 20.0. The van der Waals surface area contributed by atoms with Gasteiger partial charge in [-0.15, -0.1) is 3.89 Å². The SMILES string of the molecule is COc1ccc(C[C@H]2C[C@@H](C(N)=O)[N+](C)(CCF)C2)cc1.O=S(=O)([O-])F. The lowest BCUT2D eigenvalue weighted by Crippen LogP contribution is -2.54. The third-order valence-electron chi connectivity index (χ3n) is 4.59. The van der Waals surface area contributed by atoms with Gasteiger partial charge < -0.3 is 19.5 Å². The van der Waals surface area contributed by atoms with Crippen LogP contribution in [0.5, 0.6) is 5.75 Å². The second kappa shape index (κ2) is 9.24. The number of nitrogens with zero attached hydrogens (tertiary/aromatic N) is 1. The van der Waals surface area contributed by atoms with Crippen molar-refractivity contribution in [3.8, 4) is 5.75 Å². The van der Waals surface area contributed by atoms with Crippen molar-refractivity contribution in [1.82, 2.24) is 0 Å². The highest BCUT2D eigenvalue weighted by Crippen LogP contribution is 2.32. The van der Waals surface area contributed by atoms with E-state index in [2.05, 4.69) is 0 Å². The molecule has 1 amide bonds. The number of alkyl halides is 1. The molecule has 1 aromatic rings. The molecule has 1 aromatic carbocycles. The largest absolute Gasteiger partial charge is 0.722 e. The van der Waals surface area contributed by atoms with E-state index in [0.717, 1.165) is 25.1 Å². The lowest BCUT2D eigenvalue weighted by Gasteiger charge is -2.33. The molecule has 1 heterocycles. The number of hydrogen-bond acceptors (Lipinski definition) is 5. The van der Waals surface area contributed by atoms with Gasteiger partial charge in [0.25, 0.3) is 16.4 Å². The zero-order valence-electron chi connectivity index (χ0n) is 14.7. The van der Waals surface area contributed by atoms with Crippen LogP contribution in [0, 0.1) is 5.92 Å². The fourth-order valence-corrected chi connectivity index (χ4v) is 3.47. The van der Waals surface area contributed by atoms with Crippen LogP contribution in [-0.4, -0.2) is 63.3 Å². The van der Waals surface area contributed by atoms with Crippen molar-refractivity contribution in [1.29, 1.82) is 0 Å². The summed E-state index contributed by atoms with van der Waals surface area (Å²) in [6.07, 6.45) is 1.62. The monoisotopic (exact) mass is 394 g/mol. The van der Waals surface area contributed by atoms with E-state index in [-0.39, 0.29) is 11.9 Å². The molecule has 2 N–H and O–H groups in total. The van der Waals surface area contributed by atoms with E-state index in [0.29, 0.717) is 16.9 Å². The summed E-state index contributed by atoms with van der Waals surface area (Å²) in [5, 5.41) is 0. The minimum atomic E-state index is -5.42. The van der Waals surface area contributed by atoms with Crippen LogP contribution in [0.1, 0.15) is 12.0 Å². The molecular weight excluding hydrogens is 370 g/mol. The summed E-state index contributed by atoms with van der Waals surface area (Å²) in [6.45, 7) is 0.728. The second-order valence-corrected chi connectivity index (χ2v) is 7.33. The van der Waals surface area contributed by atoms with Crippen molar-refractivity contribution < 1.29 is 35.3 Å². The van der Waals surface area contributed by atoms with E-state index in [1.807, 2.05) is 31.3 Å². The van der Waals surface area contributed by atoms with Crippen LogP contribution >= 0.6 is 0 Å². The minimum absolute atomic E-state index is 0.274. The second-order valence-electron chi connectivity index (χ2n) is 6.54. The summed E-state index contributed by atoms with van der Waals surface area (Å²) in [7, 11) is -1.84. The number of primary amides is 1. The summed E-state index contributed by atoms with van der Waals surface area (Å²) in [4.78, 5) is 11.6. The average molecular weight is 394 g/mol. The van der Waals surface area contributed by atoms with Crippen molar-refractivity contribution in [2.24, 2.45) is 11.7 Å². The van der Waals surface area contributed by atoms with Gasteiger partial charge in [0.2, 0.25) is 0 Å². The van der Waals surface area contributed by atoms with Gasteiger partial charge in [0.15, 0.2) is 6.04 Å². The van der Waals surface area contributed by atoms with Gasteiger partial charge in [-0.25, -0.2) is 12.8 Å². The molecular formula is C16H24F2N2O5S. The molecule has 1 fully saturated rings. The first-order valence-corrected chi connectivity index (χ1v) is 9.27. The van der Waals surface area contributed by atoms with Crippen LogP contribution in [0.15, 0.2) is 24.3 Å². The maximum atomic E-state index is 12.8. The van der Waals surface area contributed by atoms with Crippen molar-refractivity contribution in [3.63, 3.8) is 0 Å². The zero-order valence-corrected chi connectivity index (χ0v) is 15.5. The summed E-state index contributed by atoms with van der Waals surface area (Å²) in [5.41, 5.74) is 6.71. The highest BCUT2D eigenvalue weighted by atomic mass is 32.3.